The number of hydrogen-bond donors (Lipinski definition) is 1. The first kappa shape index (κ1) is 11.9. The lowest BCUT2D eigenvalue weighted by molar-refractivity contribution is 0.103. The molecule has 0 saturated carbocycles. The van der Waals surface area contributed by atoms with Crippen molar-refractivity contribution in [2.45, 2.75) is 39.0 Å². The molecule has 0 rings (SSSR count). The van der Waals surface area contributed by atoms with Crippen molar-refractivity contribution in [3.8, 4) is 0 Å². The molecule has 0 bridgehead atoms. The number of rotatable bonds is 5. The molecule has 1 N–H and O–H groups in total. The normalized spacial score (nSPS) is 21.1. The van der Waals surface area contributed by atoms with Crippen molar-refractivity contribution < 1.29 is 9.53 Å². The second kappa shape index (κ2) is 4.21. The smallest absolute Gasteiger partial charge is 0.244 e. The second-order valence-corrected chi connectivity index (χ2v) is 7.36. The van der Waals surface area contributed by atoms with Crippen LogP contribution in [0, 0.1) is 0 Å². The monoisotopic (exact) mass is 188 g/mol. The van der Waals surface area contributed by atoms with Gasteiger partial charge in [-0.05, 0) is 26.8 Å². The molecule has 0 aromatic heterocycles. The molecule has 0 fully saturated rings. The van der Waals surface area contributed by atoms with Gasteiger partial charge in [-0.2, -0.15) is 0 Å². The van der Waals surface area contributed by atoms with Crippen LogP contribution in [0.5, 0.6) is 0 Å². The van der Waals surface area contributed by atoms with Crippen LogP contribution in [0.15, 0.2) is 12.3 Å². The van der Waals surface area contributed by atoms with E-state index in [0.29, 0.717) is 13.0 Å². The maximum absolute atomic E-state index is 10.0. The molecule has 0 heterocycles. The Kier molecular flexibility index (Phi) is 4.17. The van der Waals surface area contributed by atoms with Crippen molar-refractivity contribution in [2.75, 3.05) is 6.61 Å². The van der Waals surface area contributed by atoms with Gasteiger partial charge in [0.25, 0.3) is 0 Å². The van der Waals surface area contributed by atoms with Crippen molar-refractivity contribution in [3.63, 3.8) is 0 Å². The summed E-state index contributed by atoms with van der Waals surface area (Å²) in [4.78, 5) is 0. The third kappa shape index (κ3) is 2.18. The number of hydrogen-bond acceptors (Lipinski definition) is 2. The minimum absolute atomic E-state index is 0.644. The molecule has 72 valence electrons. The molecule has 0 aliphatic rings. The SMILES string of the molecule is C=C[Si](C)(OCC)C(C)(O)CC. The summed E-state index contributed by atoms with van der Waals surface area (Å²) >= 11 is 0. The predicted molar refractivity (Wildman–Crippen MR) is 54.4 cm³/mol. The molecule has 2 atom stereocenters. The Morgan fingerprint density at radius 2 is 2.08 bits per heavy atom. The van der Waals surface area contributed by atoms with Gasteiger partial charge in [0.2, 0.25) is 8.32 Å². The van der Waals surface area contributed by atoms with Gasteiger partial charge in [0, 0.05) is 6.61 Å². The van der Waals surface area contributed by atoms with E-state index in [4.69, 9.17) is 4.43 Å². The van der Waals surface area contributed by atoms with Crippen LogP contribution in [0.1, 0.15) is 27.2 Å². The molecule has 2 unspecified atom stereocenters. The summed E-state index contributed by atoms with van der Waals surface area (Å²) < 4.78 is 5.61. The standard InChI is InChI=1S/C9H20O2Si/c1-6-9(4,10)12(5,8-3)11-7-2/h8,10H,3,6-7H2,1-2,4-5H3. The van der Waals surface area contributed by atoms with Crippen molar-refractivity contribution in [1.29, 1.82) is 0 Å². The van der Waals surface area contributed by atoms with Gasteiger partial charge in [0.15, 0.2) is 0 Å². The van der Waals surface area contributed by atoms with Crippen LogP contribution in [0.4, 0.5) is 0 Å². The molecular formula is C9H20O2Si. The summed E-state index contributed by atoms with van der Waals surface area (Å²) in [5.74, 6) is 0. The Hall–Kier alpha value is -0.123. The Labute approximate surface area is 76.4 Å². The highest BCUT2D eigenvalue weighted by atomic mass is 28.4. The molecule has 0 saturated heterocycles. The molecule has 0 aliphatic carbocycles. The average Bonchev–Trinajstić information content (AvgIpc) is 2.04. The topological polar surface area (TPSA) is 29.5 Å². The quantitative estimate of drug-likeness (QED) is 0.669. The molecule has 0 amide bonds. The first-order valence-electron chi connectivity index (χ1n) is 4.43. The minimum Gasteiger partial charge on any atom is -0.411 e. The lowest BCUT2D eigenvalue weighted by Crippen LogP contribution is -2.55. The largest absolute Gasteiger partial charge is 0.411 e. The van der Waals surface area contributed by atoms with Crippen LogP contribution in [0.25, 0.3) is 0 Å². The van der Waals surface area contributed by atoms with E-state index in [-0.39, 0.29) is 0 Å². The van der Waals surface area contributed by atoms with Gasteiger partial charge in [0.1, 0.15) is 0 Å². The van der Waals surface area contributed by atoms with Crippen LogP contribution in [0.2, 0.25) is 6.55 Å². The fourth-order valence-corrected chi connectivity index (χ4v) is 3.26. The molecule has 12 heavy (non-hydrogen) atoms. The van der Waals surface area contributed by atoms with Crippen LogP contribution >= 0.6 is 0 Å². The summed E-state index contributed by atoms with van der Waals surface area (Å²) in [6, 6.07) is 0. The highest BCUT2D eigenvalue weighted by Gasteiger charge is 2.43. The van der Waals surface area contributed by atoms with Crippen molar-refractivity contribution in [3.05, 3.63) is 12.3 Å². The van der Waals surface area contributed by atoms with E-state index in [0.717, 1.165) is 0 Å². The van der Waals surface area contributed by atoms with Crippen LogP contribution < -0.4 is 0 Å². The Morgan fingerprint density at radius 3 is 2.33 bits per heavy atom. The van der Waals surface area contributed by atoms with E-state index < -0.39 is 13.5 Å². The van der Waals surface area contributed by atoms with Crippen molar-refractivity contribution in [2.24, 2.45) is 0 Å². The van der Waals surface area contributed by atoms with Gasteiger partial charge in [-0.3, -0.25) is 0 Å². The van der Waals surface area contributed by atoms with Crippen LogP contribution in [0.3, 0.4) is 0 Å². The van der Waals surface area contributed by atoms with E-state index in [1.807, 2.05) is 27.3 Å². The van der Waals surface area contributed by atoms with E-state index in [1.54, 1.807) is 5.70 Å². The summed E-state index contributed by atoms with van der Waals surface area (Å²) in [7, 11) is -2.13. The van der Waals surface area contributed by atoms with Gasteiger partial charge in [0.05, 0.1) is 5.22 Å². The molecule has 3 heteroatoms. The fourth-order valence-electron chi connectivity index (χ4n) is 1.09. The highest BCUT2D eigenvalue weighted by Crippen LogP contribution is 2.25. The zero-order valence-corrected chi connectivity index (χ0v) is 9.55. The number of aliphatic hydroxyl groups is 1. The average molecular weight is 188 g/mol. The van der Waals surface area contributed by atoms with E-state index >= 15 is 0 Å². The van der Waals surface area contributed by atoms with Crippen LogP contribution in [-0.4, -0.2) is 25.3 Å². The summed E-state index contributed by atoms with van der Waals surface area (Å²) in [6.07, 6.45) is 0.710. The van der Waals surface area contributed by atoms with Crippen molar-refractivity contribution >= 4 is 8.32 Å². The van der Waals surface area contributed by atoms with E-state index in [1.165, 1.54) is 0 Å². The third-order valence-electron chi connectivity index (χ3n) is 2.59. The lowest BCUT2D eigenvalue weighted by atomic mass is 10.3. The maximum atomic E-state index is 10.0. The van der Waals surface area contributed by atoms with E-state index in [9.17, 15) is 5.11 Å². The molecule has 0 aromatic rings. The lowest BCUT2D eigenvalue weighted by Gasteiger charge is -2.37. The predicted octanol–water partition coefficient (Wildman–Crippen LogP) is 2.02. The summed E-state index contributed by atoms with van der Waals surface area (Å²) in [6.45, 7) is 12.1. The van der Waals surface area contributed by atoms with Gasteiger partial charge < -0.3 is 9.53 Å². The minimum atomic E-state index is -2.13. The first-order chi connectivity index (χ1) is 5.43. The summed E-state index contributed by atoms with van der Waals surface area (Å²) in [5.41, 5.74) is 1.81. The van der Waals surface area contributed by atoms with Gasteiger partial charge in [-0.15, -0.1) is 6.58 Å². The molecule has 0 spiro atoms. The Morgan fingerprint density at radius 1 is 1.58 bits per heavy atom. The van der Waals surface area contributed by atoms with Gasteiger partial charge in [-0.1, -0.05) is 12.6 Å². The highest BCUT2D eigenvalue weighted by molar-refractivity contribution is 6.80. The molecule has 2 nitrogen and oxygen atoms in total. The van der Waals surface area contributed by atoms with Gasteiger partial charge >= 0.3 is 0 Å². The molecular weight excluding hydrogens is 168 g/mol. The summed E-state index contributed by atoms with van der Waals surface area (Å²) in [5, 5.41) is 9.34. The fraction of sp³-hybridized carbons (Fsp3) is 0.778. The second-order valence-electron chi connectivity index (χ2n) is 3.37. The maximum Gasteiger partial charge on any atom is 0.244 e. The molecule has 0 radical (unpaired) electrons. The molecule has 0 aliphatic heterocycles. The zero-order chi connectivity index (χ0) is 9.83. The molecule has 0 aromatic carbocycles. The van der Waals surface area contributed by atoms with Crippen molar-refractivity contribution in [1.82, 2.24) is 0 Å². The van der Waals surface area contributed by atoms with E-state index in [2.05, 4.69) is 6.58 Å². The Balaban J connectivity index is 4.60. The Bertz CT molecular complexity index is 157. The van der Waals surface area contributed by atoms with Crippen LogP contribution in [-0.2, 0) is 4.43 Å². The first-order valence-corrected chi connectivity index (χ1v) is 6.92. The third-order valence-corrected chi connectivity index (χ3v) is 6.75. The van der Waals surface area contributed by atoms with Gasteiger partial charge in [-0.25, -0.2) is 0 Å². The zero-order valence-electron chi connectivity index (χ0n) is 8.55.